The SMILES string of the molecule is Cc1ccc(N(c2ccc(C)cc2)c2ccc(-n3c4ccccc4c4ccc5c(ccn5-c5ccccc5)c43)cc2)cc1. The first kappa shape index (κ1) is 25.2. The Bertz CT molecular complexity index is 2170. The monoisotopic (exact) mass is 553 g/mol. The lowest BCUT2D eigenvalue weighted by Gasteiger charge is -2.26. The number of nitrogens with zero attached hydrogens (tertiary/aromatic N) is 3. The van der Waals surface area contributed by atoms with E-state index in [1.807, 2.05) is 0 Å². The van der Waals surface area contributed by atoms with Crippen molar-refractivity contribution in [2.75, 3.05) is 4.90 Å². The van der Waals surface area contributed by atoms with Gasteiger partial charge in [0, 0.05) is 50.8 Å². The van der Waals surface area contributed by atoms with Crippen LogP contribution in [0.1, 0.15) is 11.1 Å². The zero-order valence-corrected chi connectivity index (χ0v) is 24.3. The van der Waals surface area contributed by atoms with E-state index >= 15 is 0 Å². The normalized spacial score (nSPS) is 11.5. The van der Waals surface area contributed by atoms with Crippen LogP contribution in [0.25, 0.3) is 44.1 Å². The molecule has 2 heterocycles. The predicted molar refractivity (Wildman–Crippen MR) is 182 cm³/mol. The van der Waals surface area contributed by atoms with E-state index in [4.69, 9.17) is 0 Å². The minimum Gasteiger partial charge on any atom is -0.316 e. The Morgan fingerprint density at radius 3 is 1.65 bits per heavy atom. The Hall–Kier alpha value is -5.54. The molecule has 8 aromatic rings. The number of hydrogen-bond acceptors (Lipinski definition) is 1. The third kappa shape index (κ3) is 4.21. The van der Waals surface area contributed by atoms with Gasteiger partial charge < -0.3 is 14.0 Å². The third-order valence-corrected chi connectivity index (χ3v) is 8.49. The summed E-state index contributed by atoms with van der Waals surface area (Å²) in [6.45, 7) is 4.26. The summed E-state index contributed by atoms with van der Waals surface area (Å²) in [5, 5.41) is 3.76. The van der Waals surface area contributed by atoms with Crippen LogP contribution in [-0.2, 0) is 0 Å². The van der Waals surface area contributed by atoms with Gasteiger partial charge in [-0.15, -0.1) is 0 Å². The number of hydrogen-bond donors (Lipinski definition) is 0. The van der Waals surface area contributed by atoms with Crippen molar-refractivity contribution >= 4 is 49.8 Å². The van der Waals surface area contributed by atoms with Gasteiger partial charge >= 0.3 is 0 Å². The molecule has 0 saturated heterocycles. The minimum absolute atomic E-state index is 1.12. The number of benzene rings is 6. The number of aromatic nitrogens is 2. The number of para-hydroxylation sites is 2. The number of aryl methyl sites for hydroxylation is 2. The highest BCUT2D eigenvalue weighted by molar-refractivity contribution is 6.18. The van der Waals surface area contributed by atoms with Gasteiger partial charge in [0.15, 0.2) is 0 Å². The fourth-order valence-corrected chi connectivity index (χ4v) is 6.34. The molecule has 0 amide bonds. The molecule has 0 aliphatic carbocycles. The van der Waals surface area contributed by atoms with Gasteiger partial charge in [-0.05, 0) is 92.7 Å². The molecular weight excluding hydrogens is 522 g/mol. The molecule has 0 radical (unpaired) electrons. The van der Waals surface area contributed by atoms with Gasteiger partial charge in [-0.2, -0.15) is 0 Å². The van der Waals surface area contributed by atoms with Gasteiger partial charge in [-0.1, -0.05) is 77.9 Å². The molecule has 0 saturated carbocycles. The van der Waals surface area contributed by atoms with Gasteiger partial charge in [0.2, 0.25) is 0 Å². The second-order valence-corrected chi connectivity index (χ2v) is 11.3. The molecule has 2 aromatic heterocycles. The lowest BCUT2D eigenvalue weighted by molar-refractivity contribution is 1.13. The van der Waals surface area contributed by atoms with E-state index in [1.54, 1.807) is 0 Å². The molecule has 8 rings (SSSR count). The summed E-state index contributed by atoms with van der Waals surface area (Å²) in [5.74, 6) is 0. The van der Waals surface area contributed by atoms with Crippen LogP contribution in [0.2, 0.25) is 0 Å². The number of rotatable bonds is 5. The fraction of sp³-hybridized carbons (Fsp3) is 0.0500. The molecule has 0 aliphatic rings. The molecule has 43 heavy (non-hydrogen) atoms. The van der Waals surface area contributed by atoms with Crippen molar-refractivity contribution in [2.24, 2.45) is 0 Å². The lowest BCUT2D eigenvalue weighted by Crippen LogP contribution is -2.10. The molecule has 0 fully saturated rings. The third-order valence-electron chi connectivity index (χ3n) is 8.49. The largest absolute Gasteiger partial charge is 0.316 e. The highest BCUT2D eigenvalue weighted by Crippen LogP contribution is 2.39. The van der Waals surface area contributed by atoms with Crippen LogP contribution in [0.15, 0.2) is 152 Å². The molecule has 3 heteroatoms. The standard InChI is InChI=1S/C40H31N3/c1-28-12-16-31(17-13-28)42(32-18-14-29(2)15-19-32)33-20-22-34(23-21-33)43-39-11-7-6-10-35(39)36-24-25-38-37(40(36)43)26-27-41(38)30-8-4-3-5-9-30/h3-27H,1-2H3. The van der Waals surface area contributed by atoms with Crippen molar-refractivity contribution < 1.29 is 0 Å². The van der Waals surface area contributed by atoms with Gasteiger partial charge in [0.05, 0.1) is 16.6 Å². The molecule has 3 nitrogen and oxygen atoms in total. The Kier molecular flexibility index (Phi) is 5.90. The van der Waals surface area contributed by atoms with Crippen molar-refractivity contribution in [3.63, 3.8) is 0 Å². The van der Waals surface area contributed by atoms with Crippen LogP contribution in [0.4, 0.5) is 17.1 Å². The van der Waals surface area contributed by atoms with Crippen LogP contribution in [-0.4, -0.2) is 9.13 Å². The average molecular weight is 554 g/mol. The van der Waals surface area contributed by atoms with Crippen molar-refractivity contribution in [1.82, 2.24) is 9.13 Å². The summed E-state index contributed by atoms with van der Waals surface area (Å²) in [7, 11) is 0. The van der Waals surface area contributed by atoms with E-state index in [0.717, 1.165) is 28.4 Å². The summed E-state index contributed by atoms with van der Waals surface area (Å²) in [6, 6.07) is 52.6. The first-order valence-corrected chi connectivity index (χ1v) is 14.8. The van der Waals surface area contributed by atoms with E-state index in [2.05, 4.69) is 180 Å². The van der Waals surface area contributed by atoms with Crippen molar-refractivity contribution in [1.29, 1.82) is 0 Å². The molecule has 0 spiro atoms. The zero-order valence-electron chi connectivity index (χ0n) is 24.3. The number of anilines is 3. The highest BCUT2D eigenvalue weighted by atomic mass is 15.1. The minimum atomic E-state index is 1.12. The fourth-order valence-electron chi connectivity index (χ4n) is 6.34. The van der Waals surface area contributed by atoms with Crippen LogP contribution >= 0.6 is 0 Å². The smallest absolute Gasteiger partial charge is 0.0635 e. The molecule has 206 valence electrons. The summed E-state index contributed by atoms with van der Waals surface area (Å²) in [5.41, 5.74) is 11.9. The quantitative estimate of drug-likeness (QED) is 0.207. The summed E-state index contributed by atoms with van der Waals surface area (Å²) >= 11 is 0. The van der Waals surface area contributed by atoms with Gasteiger partial charge in [0.25, 0.3) is 0 Å². The molecule has 0 bridgehead atoms. The summed E-state index contributed by atoms with van der Waals surface area (Å²) < 4.78 is 4.70. The van der Waals surface area contributed by atoms with Crippen molar-refractivity contribution in [3.05, 3.63) is 163 Å². The highest BCUT2D eigenvalue weighted by Gasteiger charge is 2.18. The maximum atomic E-state index is 2.42. The molecule has 0 aliphatic heterocycles. The molecule has 0 N–H and O–H groups in total. The Labute approximate surface area is 251 Å². The molecule has 0 unspecified atom stereocenters. The number of fused-ring (bicyclic) bond motifs is 5. The maximum absolute atomic E-state index is 2.42. The second kappa shape index (κ2) is 10.1. The molecule has 6 aromatic carbocycles. The molecular formula is C40H31N3. The van der Waals surface area contributed by atoms with E-state index in [-0.39, 0.29) is 0 Å². The molecule has 0 atom stereocenters. The lowest BCUT2D eigenvalue weighted by atomic mass is 10.1. The first-order chi connectivity index (χ1) is 21.2. The van der Waals surface area contributed by atoms with Gasteiger partial charge in [-0.25, -0.2) is 0 Å². The summed E-state index contributed by atoms with van der Waals surface area (Å²) in [6.07, 6.45) is 2.19. The van der Waals surface area contributed by atoms with Crippen LogP contribution in [0, 0.1) is 13.8 Å². The average Bonchev–Trinajstić information content (AvgIpc) is 3.63. The van der Waals surface area contributed by atoms with Crippen LogP contribution < -0.4 is 4.90 Å². The van der Waals surface area contributed by atoms with Crippen LogP contribution in [0.3, 0.4) is 0 Å². The van der Waals surface area contributed by atoms with E-state index in [0.29, 0.717) is 0 Å². The van der Waals surface area contributed by atoms with Gasteiger partial charge in [-0.3, -0.25) is 0 Å². The van der Waals surface area contributed by atoms with Crippen LogP contribution in [0.5, 0.6) is 0 Å². The van der Waals surface area contributed by atoms with E-state index < -0.39 is 0 Å². The van der Waals surface area contributed by atoms with Crippen molar-refractivity contribution in [3.8, 4) is 11.4 Å². The Morgan fingerprint density at radius 2 is 1.00 bits per heavy atom. The first-order valence-electron chi connectivity index (χ1n) is 14.8. The van der Waals surface area contributed by atoms with Gasteiger partial charge in [0.1, 0.15) is 0 Å². The Morgan fingerprint density at radius 1 is 0.419 bits per heavy atom. The van der Waals surface area contributed by atoms with Crippen molar-refractivity contribution in [2.45, 2.75) is 13.8 Å². The maximum Gasteiger partial charge on any atom is 0.0635 e. The second-order valence-electron chi connectivity index (χ2n) is 11.3. The topological polar surface area (TPSA) is 13.1 Å². The Balaban J connectivity index is 1.31. The predicted octanol–water partition coefficient (Wildman–Crippen LogP) is 10.8. The van der Waals surface area contributed by atoms with E-state index in [1.165, 1.54) is 43.8 Å². The summed E-state index contributed by atoms with van der Waals surface area (Å²) in [4.78, 5) is 2.33. The van der Waals surface area contributed by atoms with E-state index in [9.17, 15) is 0 Å². The zero-order chi connectivity index (χ0) is 28.9.